The molecule has 0 aromatic heterocycles. The Kier molecular flexibility index (Phi) is 2.01. The SMILES string of the molecule is CC#CC(C)(O)C1CCC1. The van der Waals surface area contributed by atoms with Crippen molar-refractivity contribution in [3.63, 3.8) is 0 Å². The summed E-state index contributed by atoms with van der Waals surface area (Å²) in [6, 6.07) is 0. The highest BCUT2D eigenvalue weighted by atomic mass is 16.3. The van der Waals surface area contributed by atoms with Gasteiger partial charge in [-0.15, -0.1) is 5.92 Å². The Balaban J connectivity index is 2.54. The lowest BCUT2D eigenvalue weighted by Gasteiger charge is -2.35. The molecule has 1 fully saturated rings. The molecule has 1 rings (SSSR count). The number of aliphatic hydroxyl groups is 1. The summed E-state index contributed by atoms with van der Waals surface area (Å²) in [7, 11) is 0. The Morgan fingerprint density at radius 3 is 2.40 bits per heavy atom. The fourth-order valence-corrected chi connectivity index (χ4v) is 1.33. The number of hydrogen-bond acceptors (Lipinski definition) is 1. The molecule has 0 bridgehead atoms. The van der Waals surface area contributed by atoms with Gasteiger partial charge in [-0.1, -0.05) is 12.3 Å². The highest BCUT2D eigenvalue weighted by molar-refractivity contribution is 5.13. The zero-order valence-electron chi connectivity index (χ0n) is 6.65. The van der Waals surface area contributed by atoms with Crippen molar-refractivity contribution in [3.05, 3.63) is 0 Å². The van der Waals surface area contributed by atoms with Crippen LogP contribution in [0.1, 0.15) is 33.1 Å². The van der Waals surface area contributed by atoms with Gasteiger partial charge in [0.25, 0.3) is 0 Å². The normalized spacial score (nSPS) is 23.9. The maximum atomic E-state index is 9.66. The lowest BCUT2D eigenvalue weighted by Crippen LogP contribution is -2.37. The van der Waals surface area contributed by atoms with Gasteiger partial charge in [-0.05, 0) is 32.6 Å². The fourth-order valence-electron chi connectivity index (χ4n) is 1.33. The van der Waals surface area contributed by atoms with Gasteiger partial charge >= 0.3 is 0 Å². The van der Waals surface area contributed by atoms with E-state index in [1.807, 2.05) is 6.92 Å². The monoisotopic (exact) mass is 138 g/mol. The Hall–Kier alpha value is -0.480. The largest absolute Gasteiger partial charge is 0.378 e. The van der Waals surface area contributed by atoms with Crippen molar-refractivity contribution in [3.8, 4) is 11.8 Å². The average Bonchev–Trinajstić information content (AvgIpc) is 1.56. The summed E-state index contributed by atoms with van der Waals surface area (Å²) >= 11 is 0. The molecule has 1 unspecified atom stereocenters. The Bertz CT molecular complexity index is 167. The second kappa shape index (κ2) is 2.64. The molecule has 1 aliphatic carbocycles. The van der Waals surface area contributed by atoms with Crippen LogP contribution < -0.4 is 0 Å². The van der Waals surface area contributed by atoms with Gasteiger partial charge in [0, 0.05) is 0 Å². The van der Waals surface area contributed by atoms with Crippen LogP contribution in [0.15, 0.2) is 0 Å². The van der Waals surface area contributed by atoms with Gasteiger partial charge in [0.05, 0.1) is 0 Å². The first kappa shape index (κ1) is 7.63. The maximum absolute atomic E-state index is 9.66. The summed E-state index contributed by atoms with van der Waals surface area (Å²) in [6.45, 7) is 3.58. The molecular weight excluding hydrogens is 124 g/mol. The van der Waals surface area contributed by atoms with Gasteiger partial charge in [-0.3, -0.25) is 0 Å². The van der Waals surface area contributed by atoms with E-state index in [-0.39, 0.29) is 0 Å². The third-order valence-corrected chi connectivity index (χ3v) is 2.28. The summed E-state index contributed by atoms with van der Waals surface area (Å²) in [4.78, 5) is 0. The molecule has 1 atom stereocenters. The molecule has 0 saturated heterocycles. The first-order chi connectivity index (χ1) is 4.67. The average molecular weight is 138 g/mol. The smallest absolute Gasteiger partial charge is 0.125 e. The molecule has 10 heavy (non-hydrogen) atoms. The summed E-state index contributed by atoms with van der Waals surface area (Å²) in [5, 5.41) is 9.66. The van der Waals surface area contributed by atoms with E-state index in [9.17, 15) is 5.11 Å². The predicted octanol–water partition coefficient (Wildman–Crippen LogP) is 1.56. The van der Waals surface area contributed by atoms with Gasteiger partial charge in [0.2, 0.25) is 0 Å². The molecule has 1 N–H and O–H groups in total. The molecule has 1 nitrogen and oxygen atoms in total. The van der Waals surface area contributed by atoms with Crippen LogP contribution >= 0.6 is 0 Å². The summed E-state index contributed by atoms with van der Waals surface area (Å²) in [5.41, 5.74) is -0.715. The van der Waals surface area contributed by atoms with Crippen LogP contribution in [0.3, 0.4) is 0 Å². The number of rotatable bonds is 1. The molecule has 0 spiro atoms. The Labute approximate surface area is 62.4 Å². The quantitative estimate of drug-likeness (QED) is 0.545. The molecule has 56 valence electrons. The Morgan fingerprint density at radius 1 is 1.50 bits per heavy atom. The van der Waals surface area contributed by atoms with Gasteiger partial charge in [-0.25, -0.2) is 0 Å². The molecule has 0 radical (unpaired) electrons. The highest BCUT2D eigenvalue weighted by Crippen LogP contribution is 2.35. The first-order valence-corrected chi connectivity index (χ1v) is 3.83. The molecule has 0 heterocycles. The molecule has 0 aromatic carbocycles. The van der Waals surface area contributed by atoms with Gasteiger partial charge < -0.3 is 5.11 Å². The van der Waals surface area contributed by atoms with E-state index in [1.54, 1.807) is 6.92 Å². The standard InChI is InChI=1S/C9H14O/c1-3-7-9(2,10)8-5-4-6-8/h8,10H,4-6H2,1-2H3. The third-order valence-electron chi connectivity index (χ3n) is 2.28. The van der Waals surface area contributed by atoms with E-state index in [1.165, 1.54) is 6.42 Å². The molecule has 0 aromatic rings. The van der Waals surface area contributed by atoms with Gasteiger partial charge in [-0.2, -0.15) is 0 Å². The van der Waals surface area contributed by atoms with Gasteiger partial charge in [0.1, 0.15) is 5.60 Å². The zero-order valence-corrected chi connectivity index (χ0v) is 6.65. The van der Waals surface area contributed by atoms with E-state index in [0.29, 0.717) is 5.92 Å². The van der Waals surface area contributed by atoms with E-state index < -0.39 is 5.60 Å². The van der Waals surface area contributed by atoms with Crippen molar-refractivity contribution in [2.75, 3.05) is 0 Å². The van der Waals surface area contributed by atoms with Crippen LogP contribution in [0.4, 0.5) is 0 Å². The minimum atomic E-state index is -0.715. The zero-order chi connectivity index (χ0) is 7.61. The van der Waals surface area contributed by atoms with Crippen LogP contribution in [-0.2, 0) is 0 Å². The molecule has 1 aliphatic rings. The topological polar surface area (TPSA) is 20.2 Å². The van der Waals surface area contributed by atoms with Crippen LogP contribution in [0, 0.1) is 17.8 Å². The second-order valence-electron chi connectivity index (χ2n) is 3.15. The lowest BCUT2D eigenvalue weighted by molar-refractivity contribution is 0.0163. The van der Waals surface area contributed by atoms with Gasteiger partial charge in [0.15, 0.2) is 0 Å². The van der Waals surface area contributed by atoms with Crippen LogP contribution in [0.25, 0.3) is 0 Å². The molecule has 0 aliphatic heterocycles. The van der Waals surface area contributed by atoms with Crippen molar-refractivity contribution in [2.45, 2.75) is 38.7 Å². The minimum Gasteiger partial charge on any atom is -0.378 e. The number of hydrogen-bond donors (Lipinski definition) is 1. The highest BCUT2D eigenvalue weighted by Gasteiger charge is 2.34. The van der Waals surface area contributed by atoms with Crippen molar-refractivity contribution >= 4 is 0 Å². The van der Waals surface area contributed by atoms with Crippen LogP contribution in [-0.4, -0.2) is 10.7 Å². The summed E-state index contributed by atoms with van der Waals surface area (Å²) in [5.74, 6) is 6.02. The molecule has 0 amide bonds. The second-order valence-corrected chi connectivity index (χ2v) is 3.15. The lowest BCUT2D eigenvalue weighted by atomic mass is 9.74. The van der Waals surface area contributed by atoms with Crippen LogP contribution in [0.5, 0.6) is 0 Å². The van der Waals surface area contributed by atoms with E-state index >= 15 is 0 Å². The molecular formula is C9H14O. The summed E-state index contributed by atoms with van der Waals surface area (Å²) < 4.78 is 0. The van der Waals surface area contributed by atoms with E-state index in [2.05, 4.69) is 11.8 Å². The van der Waals surface area contributed by atoms with E-state index in [0.717, 1.165) is 12.8 Å². The molecule has 1 heteroatoms. The van der Waals surface area contributed by atoms with Crippen molar-refractivity contribution in [2.24, 2.45) is 5.92 Å². The first-order valence-electron chi connectivity index (χ1n) is 3.83. The Morgan fingerprint density at radius 2 is 2.10 bits per heavy atom. The fraction of sp³-hybridized carbons (Fsp3) is 0.778. The maximum Gasteiger partial charge on any atom is 0.125 e. The minimum absolute atomic E-state index is 0.431. The van der Waals surface area contributed by atoms with Crippen molar-refractivity contribution in [1.29, 1.82) is 0 Å². The summed E-state index contributed by atoms with van der Waals surface area (Å²) in [6.07, 6.45) is 3.54. The van der Waals surface area contributed by atoms with Crippen molar-refractivity contribution < 1.29 is 5.11 Å². The van der Waals surface area contributed by atoms with E-state index in [4.69, 9.17) is 0 Å². The predicted molar refractivity (Wildman–Crippen MR) is 41.4 cm³/mol. The molecule has 1 saturated carbocycles. The third kappa shape index (κ3) is 1.33. The van der Waals surface area contributed by atoms with Crippen LogP contribution in [0.2, 0.25) is 0 Å². The van der Waals surface area contributed by atoms with Crippen molar-refractivity contribution in [1.82, 2.24) is 0 Å².